The number of nitrogens with zero attached hydrogens (tertiary/aromatic N) is 2. The Balaban J connectivity index is 1.52. The summed E-state index contributed by atoms with van der Waals surface area (Å²) < 4.78 is 0. The second kappa shape index (κ2) is 8.58. The van der Waals surface area contributed by atoms with Crippen molar-refractivity contribution >= 4 is 57.0 Å². The van der Waals surface area contributed by atoms with E-state index in [1.807, 2.05) is 35.7 Å². The first-order valence-corrected chi connectivity index (χ1v) is 9.51. The Morgan fingerprint density at radius 1 is 1.16 bits per heavy atom. The van der Waals surface area contributed by atoms with Crippen LogP contribution in [0.1, 0.15) is 5.56 Å². The first-order chi connectivity index (χ1) is 12.1. The molecule has 0 amide bonds. The first-order valence-electron chi connectivity index (χ1n) is 7.47. The second-order valence-electron chi connectivity index (χ2n) is 5.11. The van der Waals surface area contributed by atoms with Crippen LogP contribution in [0.2, 0.25) is 10.0 Å². The largest absolute Gasteiger partial charge is 0.362 e. The molecule has 0 fully saturated rings. The molecular weight excluding hydrogens is 395 g/mol. The number of thiocarbonyl (C=S) groups is 1. The topological polar surface area (TPSA) is 49.8 Å². The van der Waals surface area contributed by atoms with Crippen molar-refractivity contribution in [1.82, 2.24) is 15.3 Å². The summed E-state index contributed by atoms with van der Waals surface area (Å²) in [6.07, 6.45) is 4.20. The number of benzene rings is 1. The van der Waals surface area contributed by atoms with Crippen LogP contribution < -0.4 is 10.6 Å². The summed E-state index contributed by atoms with van der Waals surface area (Å²) in [4.78, 5) is 8.61. The van der Waals surface area contributed by atoms with Gasteiger partial charge in [-0.05, 0) is 48.5 Å². The molecule has 0 aliphatic carbocycles. The molecule has 3 rings (SSSR count). The first kappa shape index (κ1) is 18.1. The molecule has 0 spiro atoms. The Kier molecular flexibility index (Phi) is 6.20. The van der Waals surface area contributed by atoms with Crippen LogP contribution in [-0.2, 0) is 6.42 Å². The molecule has 4 nitrogen and oxygen atoms in total. The molecule has 0 atom stereocenters. The van der Waals surface area contributed by atoms with E-state index < -0.39 is 0 Å². The summed E-state index contributed by atoms with van der Waals surface area (Å²) in [6.45, 7) is 0.621. The summed E-state index contributed by atoms with van der Waals surface area (Å²) in [5.41, 5.74) is 2.75. The van der Waals surface area contributed by atoms with E-state index in [0.717, 1.165) is 22.0 Å². The average molecular weight is 409 g/mol. The fourth-order valence-corrected chi connectivity index (χ4v) is 3.77. The van der Waals surface area contributed by atoms with Crippen LogP contribution in [0.15, 0.2) is 48.1 Å². The van der Waals surface area contributed by atoms with Gasteiger partial charge in [0, 0.05) is 39.9 Å². The van der Waals surface area contributed by atoms with Crippen molar-refractivity contribution < 1.29 is 0 Å². The summed E-state index contributed by atoms with van der Waals surface area (Å²) in [6, 6.07) is 9.34. The summed E-state index contributed by atoms with van der Waals surface area (Å²) in [5.74, 6) is 0. The fourth-order valence-electron chi connectivity index (χ4n) is 2.19. The highest BCUT2D eigenvalue weighted by Gasteiger charge is 2.08. The van der Waals surface area contributed by atoms with E-state index >= 15 is 0 Å². The second-order valence-corrected chi connectivity index (χ2v) is 7.19. The van der Waals surface area contributed by atoms with Gasteiger partial charge >= 0.3 is 0 Å². The molecule has 2 aromatic heterocycles. The summed E-state index contributed by atoms with van der Waals surface area (Å²) >= 11 is 19.1. The Bertz CT molecular complexity index is 848. The number of halogens is 2. The predicted molar refractivity (Wildman–Crippen MR) is 110 cm³/mol. The third-order valence-electron chi connectivity index (χ3n) is 3.40. The summed E-state index contributed by atoms with van der Waals surface area (Å²) in [5, 5.41) is 10.8. The third kappa shape index (κ3) is 4.89. The maximum absolute atomic E-state index is 6.16. The van der Waals surface area contributed by atoms with E-state index in [1.54, 1.807) is 12.4 Å². The average Bonchev–Trinajstić information content (AvgIpc) is 3.07. The Morgan fingerprint density at radius 2 is 1.96 bits per heavy atom. The minimum absolute atomic E-state index is 0.510. The van der Waals surface area contributed by atoms with Crippen LogP contribution in [0, 0.1) is 0 Å². The predicted octanol–water partition coefficient (Wildman–Crippen LogP) is 5.04. The van der Waals surface area contributed by atoms with Crippen molar-refractivity contribution in [3.05, 3.63) is 63.7 Å². The van der Waals surface area contributed by atoms with E-state index in [1.165, 1.54) is 11.3 Å². The number of aromatic nitrogens is 2. The van der Waals surface area contributed by atoms with Crippen molar-refractivity contribution in [3.63, 3.8) is 0 Å². The zero-order valence-electron chi connectivity index (χ0n) is 13.0. The van der Waals surface area contributed by atoms with Gasteiger partial charge in [0.1, 0.15) is 0 Å². The lowest BCUT2D eigenvalue weighted by atomic mass is 10.1. The lowest BCUT2D eigenvalue weighted by Crippen LogP contribution is -2.30. The van der Waals surface area contributed by atoms with Crippen molar-refractivity contribution in [2.24, 2.45) is 0 Å². The van der Waals surface area contributed by atoms with Crippen molar-refractivity contribution in [3.8, 4) is 11.3 Å². The lowest BCUT2D eigenvalue weighted by molar-refractivity contribution is 0.873. The van der Waals surface area contributed by atoms with Crippen molar-refractivity contribution in [2.45, 2.75) is 6.42 Å². The number of hydrogen-bond acceptors (Lipinski definition) is 4. The smallest absolute Gasteiger partial charge is 0.189 e. The maximum atomic E-state index is 6.16. The van der Waals surface area contributed by atoms with Crippen molar-refractivity contribution in [1.29, 1.82) is 0 Å². The normalized spacial score (nSPS) is 10.5. The lowest BCUT2D eigenvalue weighted by Gasteiger charge is -2.10. The number of hydrogen-bond donors (Lipinski definition) is 2. The van der Waals surface area contributed by atoms with E-state index in [2.05, 4.69) is 20.6 Å². The van der Waals surface area contributed by atoms with Gasteiger partial charge in [-0.25, -0.2) is 4.98 Å². The van der Waals surface area contributed by atoms with Crippen LogP contribution in [0.5, 0.6) is 0 Å². The molecule has 8 heteroatoms. The van der Waals surface area contributed by atoms with Gasteiger partial charge in [-0.3, -0.25) is 4.98 Å². The van der Waals surface area contributed by atoms with Gasteiger partial charge in [0.25, 0.3) is 0 Å². The number of anilines is 1. The molecule has 0 unspecified atom stereocenters. The minimum Gasteiger partial charge on any atom is -0.362 e. The van der Waals surface area contributed by atoms with E-state index in [9.17, 15) is 0 Å². The molecule has 0 bridgehead atoms. The molecule has 0 saturated heterocycles. The zero-order valence-corrected chi connectivity index (χ0v) is 16.1. The van der Waals surface area contributed by atoms with Crippen LogP contribution in [0.4, 0.5) is 5.13 Å². The van der Waals surface area contributed by atoms with Crippen LogP contribution in [0.25, 0.3) is 11.3 Å². The van der Waals surface area contributed by atoms with Gasteiger partial charge in [-0.1, -0.05) is 29.3 Å². The number of rotatable bonds is 5. The van der Waals surface area contributed by atoms with E-state index in [-0.39, 0.29) is 0 Å². The fraction of sp³-hybridized carbons (Fsp3) is 0.118. The SMILES string of the molecule is S=C(NCCc1c(Cl)cccc1Cl)Nc1nc(-c2cccnc2)cs1. The number of thiazole rings is 1. The van der Waals surface area contributed by atoms with Crippen LogP contribution >= 0.6 is 46.8 Å². The van der Waals surface area contributed by atoms with Crippen molar-refractivity contribution in [2.75, 3.05) is 11.9 Å². The minimum atomic E-state index is 0.510. The van der Waals surface area contributed by atoms with Gasteiger partial charge in [0.15, 0.2) is 10.2 Å². The Morgan fingerprint density at radius 3 is 2.68 bits per heavy atom. The molecule has 1 aromatic carbocycles. The van der Waals surface area contributed by atoms with Gasteiger partial charge < -0.3 is 10.6 Å². The monoisotopic (exact) mass is 408 g/mol. The Hall–Kier alpha value is -1.73. The quantitative estimate of drug-likeness (QED) is 0.578. The molecule has 0 radical (unpaired) electrons. The highest BCUT2D eigenvalue weighted by molar-refractivity contribution is 7.80. The molecule has 3 aromatic rings. The highest BCUT2D eigenvalue weighted by Crippen LogP contribution is 2.25. The van der Waals surface area contributed by atoms with Crippen LogP contribution in [0.3, 0.4) is 0 Å². The maximum Gasteiger partial charge on any atom is 0.189 e. The summed E-state index contributed by atoms with van der Waals surface area (Å²) in [7, 11) is 0. The van der Waals surface area contributed by atoms with Gasteiger partial charge in [0.2, 0.25) is 0 Å². The van der Waals surface area contributed by atoms with E-state index in [0.29, 0.717) is 28.1 Å². The standard InChI is InChI=1S/C17H14Cl2N4S2/c18-13-4-1-5-14(19)12(13)6-8-21-16(24)23-17-22-15(10-25-17)11-3-2-7-20-9-11/h1-5,7,9-10H,6,8H2,(H2,21,22,23,24). The molecule has 25 heavy (non-hydrogen) atoms. The third-order valence-corrected chi connectivity index (χ3v) is 5.12. The number of nitrogens with one attached hydrogen (secondary N) is 2. The molecule has 128 valence electrons. The molecule has 2 N–H and O–H groups in total. The Labute approximate surface area is 165 Å². The van der Waals surface area contributed by atoms with Gasteiger partial charge in [-0.2, -0.15) is 0 Å². The van der Waals surface area contributed by atoms with Crippen LogP contribution in [-0.4, -0.2) is 21.6 Å². The molecule has 0 aliphatic rings. The van der Waals surface area contributed by atoms with Gasteiger partial charge in [-0.15, -0.1) is 11.3 Å². The highest BCUT2D eigenvalue weighted by atomic mass is 35.5. The number of pyridine rings is 1. The molecular formula is C17H14Cl2N4S2. The molecule has 2 heterocycles. The molecule has 0 saturated carbocycles. The van der Waals surface area contributed by atoms with E-state index in [4.69, 9.17) is 35.4 Å². The van der Waals surface area contributed by atoms with Gasteiger partial charge in [0.05, 0.1) is 5.69 Å². The molecule has 0 aliphatic heterocycles. The zero-order chi connectivity index (χ0) is 17.6.